The highest BCUT2D eigenvalue weighted by Crippen LogP contribution is 2.49. The number of carbonyl (C=O) groups is 1. The second-order valence-electron chi connectivity index (χ2n) is 8.76. The van der Waals surface area contributed by atoms with Gasteiger partial charge in [0.1, 0.15) is 11.9 Å². The van der Waals surface area contributed by atoms with Gasteiger partial charge >= 0.3 is 5.97 Å². The third-order valence-corrected chi connectivity index (χ3v) is 5.24. The van der Waals surface area contributed by atoms with Crippen molar-refractivity contribution in [2.24, 2.45) is 28.6 Å². The molecule has 2 atom stereocenters. The molecule has 3 nitrogen and oxygen atoms in total. The molecule has 124 valence electrons. The van der Waals surface area contributed by atoms with Gasteiger partial charge in [0.15, 0.2) is 0 Å². The zero-order chi connectivity index (χ0) is 16.4. The average molecular weight is 319 g/mol. The standard InChI is InChI=1S/C17H31ClO3/c1-16(2,3)12-9-11(7-8-14(19)21-18)10-13(15(12)20)17(4,5)6/h11-13,15,20H,7-10H2,1-6H3. The summed E-state index contributed by atoms with van der Waals surface area (Å²) >= 11 is 5.11. The first-order valence-corrected chi connectivity index (χ1v) is 8.27. The number of aliphatic hydroxyl groups excluding tert-OH is 1. The van der Waals surface area contributed by atoms with E-state index in [9.17, 15) is 9.90 Å². The van der Waals surface area contributed by atoms with Crippen LogP contribution in [0.25, 0.3) is 0 Å². The molecule has 0 amide bonds. The van der Waals surface area contributed by atoms with Crippen molar-refractivity contribution >= 4 is 17.8 Å². The van der Waals surface area contributed by atoms with Crippen LogP contribution in [0.1, 0.15) is 67.2 Å². The van der Waals surface area contributed by atoms with Crippen LogP contribution in [0, 0.1) is 28.6 Å². The molecule has 0 aromatic rings. The number of carbonyl (C=O) groups excluding carboxylic acids is 1. The summed E-state index contributed by atoms with van der Waals surface area (Å²) in [5.41, 5.74) is 0.128. The van der Waals surface area contributed by atoms with Crippen molar-refractivity contribution in [1.82, 2.24) is 0 Å². The largest absolute Gasteiger partial charge is 0.393 e. The minimum Gasteiger partial charge on any atom is -0.393 e. The van der Waals surface area contributed by atoms with Crippen molar-refractivity contribution in [3.8, 4) is 0 Å². The van der Waals surface area contributed by atoms with E-state index in [2.05, 4.69) is 45.8 Å². The summed E-state index contributed by atoms with van der Waals surface area (Å²) in [4.78, 5) is 11.3. The van der Waals surface area contributed by atoms with Crippen LogP contribution in [-0.2, 0) is 9.08 Å². The fourth-order valence-electron chi connectivity index (χ4n) is 3.70. The number of hydrogen-bond acceptors (Lipinski definition) is 3. The van der Waals surface area contributed by atoms with Crippen LogP contribution in [0.15, 0.2) is 0 Å². The number of aliphatic hydroxyl groups is 1. The lowest BCUT2D eigenvalue weighted by atomic mass is 9.58. The van der Waals surface area contributed by atoms with Crippen molar-refractivity contribution in [3.63, 3.8) is 0 Å². The van der Waals surface area contributed by atoms with E-state index in [-0.39, 0.29) is 34.7 Å². The van der Waals surface area contributed by atoms with Crippen molar-refractivity contribution in [2.45, 2.75) is 73.3 Å². The Morgan fingerprint density at radius 1 is 1.10 bits per heavy atom. The van der Waals surface area contributed by atoms with Gasteiger partial charge in [0.25, 0.3) is 0 Å². The zero-order valence-corrected chi connectivity index (χ0v) is 15.0. The number of halogens is 1. The monoisotopic (exact) mass is 318 g/mol. The molecule has 1 aliphatic carbocycles. The second-order valence-corrected chi connectivity index (χ2v) is 8.92. The van der Waals surface area contributed by atoms with E-state index in [0.29, 0.717) is 12.3 Å². The Kier molecular flexibility index (Phi) is 6.14. The van der Waals surface area contributed by atoms with Gasteiger partial charge in [-0.25, -0.2) is 0 Å². The van der Waals surface area contributed by atoms with E-state index in [1.165, 1.54) is 0 Å². The van der Waals surface area contributed by atoms with E-state index in [0.717, 1.165) is 19.3 Å². The van der Waals surface area contributed by atoms with Gasteiger partial charge in [0.2, 0.25) is 0 Å². The molecular formula is C17H31ClO3. The molecule has 0 spiro atoms. The molecule has 0 heterocycles. The van der Waals surface area contributed by atoms with E-state index >= 15 is 0 Å². The van der Waals surface area contributed by atoms with Gasteiger partial charge in [-0.2, -0.15) is 0 Å². The predicted octanol–water partition coefficient (Wildman–Crippen LogP) is 4.56. The summed E-state index contributed by atoms with van der Waals surface area (Å²) in [6.45, 7) is 13.1. The molecule has 4 heteroatoms. The normalized spacial score (nSPS) is 31.0. The van der Waals surface area contributed by atoms with Gasteiger partial charge in [0.05, 0.1) is 6.10 Å². The molecule has 0 aromatic heterocycles. The molecule has 0 bridgehead atoms. The first kappa shape index (κ1) is 18.8. The lowest BCUT2D eigenvalue weighted by molar-refractivity contribution is -0.134. The summed E-state index contributed by atoms with van der Waals surface area (Å²) < 4.78 is 4.23. The third kappa shape index (κ3) is 5.14. The van der Waals surface area contributed by atoms with Crippen LogP contribution < -0.4 is 0 Å². The molecule has 21 heavy (non-hydrogen) atoms. The average Bonchev–Trinajstić information content (AvgIpc) is 2.34. The highest BCUT2D eigenvalue weighted by molar-refractivity contribution is 6.13. The van der Waals surface area contributed by atoms with Gasteiger partial charge in [0, 0.05) is 6.42 Å². The van der Waals surface area contributed by atoms with E-state index < -0.39 is 0 Å². The minimum atomic E-state index is -0.359. The highest BCUT2D eigenvalue weighted by Gasteiger charge is 2.45. The zero-order valence-electron chi connectivity index (χ0n) is 14.3. The summed E-state index contributed by atoms with van der Waals surface area (Å²) in [6, 6.07) is 0. The van der Waals surface area contributed by atoms with Gasteiger partial charge in [-0.05, 0) is 47.8 Å². The fraction of sp³-hybridized carbons (Fsp3) is 0.941. The molecule has 1 aliphatic rings. The molecule has 0 aliphatic heterocycles. The number of rotatable bonds is 3. The Bertz CT molecular complexity index is 330. The molecule has 1 rings (SSSR count). The van der Waals surface area contributed by atoms with E-state index in [1.807, 2.05) is 0 Å². The van der Waals surface area contributed by atoms with Crippen LogP contribution in [0.3, 0.4) is 0 Å². The summed E-state index contributed by atoms with van der Waals surface area (Å²) in [6.07, 6.45) is 2.80. The highest BCUT2D eigenvalue weighted by atomic mass is 35.5. The van der Waals surface area contributed by atoms with Gasteiger partial charge in [-0.3, -0.25) is 4.79 Å². The molecule has 1 N–H and O–H groups in total. The molecular weight excluding hydrogens is 288 g/mol. The molecule has 2 unspecified atom stereocenters. The Morgan fingerprint density at radius 2 is 1.52 bits per heavy atom. The maximum atomic E-state index is 11.3. The lowest BCUT2D eigenvalue weighted by Crippen LogP contribution is -2.47. The summed E-state index contributed by atoms with van der Waals surface area (Å²) in [5, 5.41) is 10.8. The van der Waals surface area contributed by atoms with Crippen LogP contribution in [0.2, 0.25) is 0 Å². The first-order valence-electron chi connectivity index (χ1n) is 7.96. The number of hydrogen-bond donors (Lipinski definition) is 1. The van der Waals surface area contributed by atoms with Crippen LogP contribution in [0.5, 0.6) is 0 Å². The van der Waals surface area contributed by atoms with E-state index in [4.69, 9.17) is 11.9 Å². The molecule has 0 saturated heterocycles. The topological polar surface area (TPSA) is 46.5 Å². The smallest absolute Gasteiger partial charge is 0.324 e. The Morgan fingerprint density at radius 3 is 1.86 bits per heavy atom. The molecule has 1 saturated carbocycles. The SMILES string of the molecule is CC(C)(C)C1CC(CCC(=O)OCl)CC(C(C)(C)C)C1O. The van der Waals surface area contributed by atoms with Crippen molar-refractivity contribution < 1.29 is 14.2 Å². The van der Waals surface area contributed by atoms with Crippen molar-refractivity contribution in [3.05, 3.63) is 0 Å². The molecule has 1 fully saturated rings. The van der Waals surface area contributed by atoms with Crippen LogP contribution in [0.4, 0.5) is 0 Å². The first-order chi connectivity index (χ1) is 9.46. The Labute approximate surface area is 134 Å². The lowest BCUT2D eigenvalue weighted by Gasteiger charge is -2.49. The maximum absolute atomic E-state index is 11.3. The van der Waals surface area contributed by atoms with Gasteiger partial charge in [-0.1, -0.05) is 41.5 Å². The van der Waals surface area contributed by atoms with Gasteiger partial charge < -0.3 is 9.40 Å². The maximum Gasteiger partial charge on any atom is 0.324 e. The molecule has 0 aromatic carbocycles. The van der Waals surface area contributed by atoms with Crippen LogP contribution >= 0.6 is 11.9 Å². The van der Waals surface area contributed by atoms with Crippen molar-refractivity contribution in [1.29, 1.82) is 0 Å². The Hall–Kier alpha value is -0.280. The quantitative estimate of drug-likeness (QED) is 0.829. The minimum absolute atomic E-state index is 0.0641. The van der Waals surface area contributed by atoms with Crippen molar-refractivity contribution in [2.75, 3.05) is 0 Å². The summed E-state index contributed by atoms with van der Waals surface area (Å²) in [7, 11) is 0. The third-order valence-electron chi connectivity index (χ3n) is 5.07. The summed E-state index contributed by atoms with van der Waals surface area (Å²) in [5.74, 6) is 0.597. The van der Waals surface area contributed by atoms with Crippen LogP contribution in [-0.4, -0.2) is 17.2 Å². The second kappa shape index (κ2) is 6.87. The fourth-order valence-corrected chi connectivity index (χ4v) is 3.78. The Balaban J connectivity index is 2.86. The van der Waals surface area contributed by atoms with E-state index in [1.54, 1.807) is 0 Å². The molecule has 0 radical (unpaired) electrons. The van der Waals surface area contributed by atoms with Gasteiger partial charge in [-0.15, -0.1) is 0 Å². The predicted molar refractivity (Wildman–Crippen MR) is 85.8 cm³/mol.